The van der Waals surface area contributed by atoms with Gasteiger partial charge >= 0.3 is 0 Å². The van der Waals surface area contributed by atoms with Gasteiger partial charge in [0.15, 0.2) is 0 Å². The molecular formula is C14H16N2O. The van der Waals surface area contributed by atoms with Gasteiger partial charge in [0, 0.05) is 24.5 Å². The summed E-state index contributed by atoms with van der Waals surface area (Å²) in [5, 5.41) is 3.10. The number of pyridine rings is 1. The van der Waals surface area contributed by atoms with E-state index in [9.17, 15) is 0 Å². The third kappa shape index (κ3) is 2.75. The van der Waals surface area contributed by atoms with E-state index >= 15 is 0 Å². The number of aromatic nitrogens is 1. The number of hydrogen-bond donors (Lipinski definition) is 1. The predicted octanol–water partition coefficient (Wildman–Crippen LogP) is 3.19. The van der Waals surface area contributed by atoms with Gasteiger partial charge in [-0.3, -0.25) is 4.98 Å². The molecule has 2 aromatic rings. The highest BCUT2D eigenvalue weighted by atomic mass is 16.5. The molecule has 0 bridgehead atoms. The molecule has 3 nitrogen and oxygen atoms in total. The normalized spacial score (nSPS) is 10.0. The Labute approximate surface area is 101 Å². The Kier molecular flexibility index (Phi) is 3.60. The fraction of sp³-hybridized carbons (Fsp3) is 0.214. The topological polar surface area (TPSA) is 34.1 Å². The van der Waals surface area contributed by atoms with Crippen LogP contribution in [0.1, 0.15) is 6.92 Å². The highest BCUT2D eigenvalue weighted by Gasteiger charge is 2.00. The van der Waals surface area contributed by atoms with E-state index in [2.05, 4.69) is 10.3 Å². The molecule has 1 aromatic carbocycles. The Morgan fingerprint density at radius 1 is 1.18 bits per heavy atom. The number of anilines is 1. The van der Waals surface area contributed by atoms with Crippen LogP contribution in [0.5, 0.6) is 5.75 Å². The summed E-state index contributed by atoms with van der Waals surface area (Å²) in [4.78, 5) is 4.35. The highest BCUT2D eigenvalue weighted by molar-refractivity contribution is 5.64. The summed E-state index contributed by atoms with van der Waals surface area (Å²) in [5.41, 5.74) is 3.11. The summed E-state index contributed by atoms with van der Waals surface area (Å²) in [7, 11) is 1.90. The number of benzene rings is 1. The van der Waals surface area contributed by atoms with E-state index in [0.717, 1.165) is 22.7 Å². The number of rotatable bonds is 4. The first kappa shape index (κ1) is 11.5. The minimum absolute atomic E-state index is 0.687. The lowest BCUT2D eigenvalue weighted by molar-refractivity contribution is 0.340. The largest absolute Gasteiger partial charge is 0.494 e. The van der Waals surface area contributed by atoms with Crippen LogP contribution in [0.15, 0.2) is 42.6 Å². The van der Waals surface area contributed by atoms with Crippen molar-refractivity contribution in [3.8, 4) is 17.0 Å². The number of nitrogens with one attached hydrogen (secondary N) is 1. The van der Waals surface area contributed by atoms with Crippen molar-refractivity contribution >= 4 is 5.69 Å². The average molecular weight is 228 g/mol. The quantitative estimate of drug-likeness (QED) is 0.872. The van der Waals surface area contributed by atoms with Crippen LogP contribution in [0.2, 0.25) is 0 Å². The molecule has 0 aliphatic heterocycles. The Bertz CT molecular complexity index is 480. The molecule has 1 aromatic heterocycles. The van der Waals surface area contributed by atoms with Gasteiger partial charge in [-0.05, 0) is 43.3 Å². The van der Waals surface area contributed by atoms with Crippen molar-refractivity contribution in [2.75, 3.05) is 19.0 Å². The minimum Gasteiger partial charge on any atom is -0.494 e. The molecule has 0 spiro atoms. The maximum absolute atomic E-state index is 5.41. The number of hydrogen-bond acceptors (Lipinski definition) is 3. The molecular weight excluding hydrogens is 212 g/mol. The fourth-order valence-corrected chi connectivity index (χ4v) is 1.63. The van der Waals surface area contributed by atoms with Crippen LogP contribution >= 0.6 is 0 Å². The Morgan fingerprint density at radius 3 is 2.59 bits per heavy atom. The van der Waals surface area contributed by atoms with Gasteiger partial charge in [0.2, 0.25) is 0 Å². The Morgan fingerprint density at radius 2 is 1.94 bits per heavy atom. The lowest BCUT2D eigenvalue weighted by Crippen LogP contribution is -1.92. The van der Waals surface area contributed by atoms with Crippen molar-refractivity contribution in [3.05, 3.63) is 42.6 Å². The molecule has 0 saturated heterocycles. The Hall–Kier alpha value is -2.03. The van der Waals surface area contributed by atoms with Gasteiger partial charge in [0.05, 0.1) is 12.3 Å². The third-order valence-electron chi connectivity index (χ3n) is 2.51. The zero-order valence-corrected chi connectivity index (χ0v) is 10.1. The molecule has 0 unspecified atom stereocenters. The van der Waals surface area contributed by atoms with Gasteiger partial charge in [-0.2, -0.15) is 0 Å². The van der Waals surface area contributed by atoms with Crippen molar-refractivity contribution in [2.24, 2.45) is 0 Å². The van der Waals surface area contributed by atoms with E-state index in [0.29, 0.717) is 6.61 Å². The molecule has 0 radical (unpaired) electrons. The second-order valence-electron chi connectivity index (χ2n) is 3.64. The molecule has 17 heavy (non-hydrogen) atoms. The van der Waals surface area contributed by atoms with E-state index in [1.165, 1.54) is 0 Å². The molecule has 0 amide bonds. The van der Waals surface area contributed by atoms with Crippen LogP contribution in [0, 0.1) is 0 Å². The molecule has 0 aliphatic carbocycles. The monoisotopic (exact) mass is 228 g/mol. The van der Waals surface area contributed by atoms with Crippen molar-refractivity contribution in [2.45, 2.75) is 6.92 Å². The van der Waals surface area contributed by atoms with Crippen LogP contribution < -0.4 is 10.1 Å². The van der Waals surface area contributed by atoms with E-state index < -0.39 is 0 Å². The van der Waals surface area contributed by atoms with Crippen LogP contribution in [0.25, 0.3) is 11.3 Å². The molecule has 1 heterocycles. The van der Waals surface area contributed by atoms with Crippen LogP contribution in [-0.4, -0.2) is 18.6 Å². The van der Waals surface area contributed by atoms with E-state index in [-0.39, 0.29) is 0 Å². The summed E-state index contributed by atoms with van der Waals surface area (Å²) in [6.45, 7) is 2.67. The summed E-state index contributed by atoms with van der Waals surface area (Å²) in [6, 6.07) is 11.9. The second-order valence-corrected chi connectivity index (χ2v) is 3.64. The second kappa shape index (κ2) is 5.34. The lowest BCUT2D eigenvalue weighted by Gasteiger charge is -2.06. The number of ether oxygens (including phenoxy) is 1. The van der Waals surface area contributed by atoms with Gasteiger partial charge in [0.1, 0.15) is 5.75 Å². The van der Waals surface area contributed by atoms with Gasteiger partial charge in [-0.1, -0.05) is 0 Å². The summed E-state index contributed by atoms with van der Waals surface area (Å²) < 4.78 is 5.41. The van der Waals surface area contributed by atoms with Crippen LogP contribution in [0.3, 0.4) is 0 Å². The Balaban J connectivity index is 2.26. The summed E-state index contributed by atoms with van der Waals surface area (Å²) in [5.74, 6) is 0.890. The molecule has 2 rings (SSSR count). The van der Waals surface area contributed by atoms with Crippen molar-refractivity contribution in [1.29, 1.82) is 0 Å². The standard InChI is InChI=1S/C14H16N2O/c1-3-17-13-6-4-11(5-7-13)14-10-12(15-2)8-9-16-14/h4-10H,3H2,1-2H3,(H,15,16). The van der Waals surface area contributed by atoms with Crippen molar-refractivity contribution < 1.29 is 4.74 Å². The van der Waals surface area contributed by atoms with Gasteiger partial charge < -0.3 is 10.1 Å². The maximum atomic E-state index is 5.41. The minimum atomic E-state index is 0.687. The van der Waals surface area contributed by atoms with Gasteiger partial charge in [-0.25, -0.2) is 0 Å². The van der Waals surface area contributed by atoms with Crippen molar-refractivity contribution in [3.63, 3.8) is 0 Å². The van der Waals surface area contributed by atoms with E-state index in [1.54, 1.807) is 6.20 Å². The first-order chi connectivity index (χ1) is 8.33. The maximum Gasteiger partial charge on any atom is 0.119 e. The lowest BCUT2D eigenvalue weighted by atomic mass is 10.1. The average Bonchev–Trinajstić information content (AvgIpc) is 2.40. The van der Waals surface area contributed by atoms with Crippen LogP contribution in [0.4, 0.5) is 5.69 Å². The highest BCUT2D eigenvalue weighted by Crippen LogP contribution is 2.22. The predicted molar refractivity (Wildman–Crippen MR) is 70.4 cm³/mol. The van der Waals surface area contributed by atoms with Gasteiger partial charge in [0.25, 0.3) is 0 Å². The SMILES string of the molecule is CCOc1ccc(-c2cc(NC)ccn2)cc1. The summed E-state index contributed by atoms with van der Waals surface area (Å²) >= 11 is 0. The van der Waals surface area contributed by atoms with Crippen molar-refractivity contribution in [1.82, 2.24) is 4.98 Å². The smallest absolute Gasteiger partial charge is 0.119 e. The first-order valence-corrected chi connectivity index (χ1v) is 5.70. The molecule has 88 valence electrons. The summed E-state index contributed by atoms with van der Waals surface area (Å²) in [6.07, 6.45) is 1.80. The first-order valence-electron chi connectivity index (χ1n) is 5.70. The zero-order valence-electron chi connectivity index (χ0n) is 10.1. The van der Waals surface area contributed by atoms with E-state index in [1.807, 2.05) is 50.4 Å². The molecule has 0 atom stereocenters. The zero-order chi connectivity index (χ0) is 12.1. The molecule has 3 heteroatoms. The molecule has 0 fully saturated rings. The number of nitrogens with zero attached hydrogens (tertiary/aromatic N) is 1. The molecule has 0 aliphatic rings. The van der Waals surface area contributed by atoms with Crippen LogP contribution in [-0.2, 0) is 0 Å². The van der Waals surface area contributed by atoms with E-state index in [4.69, 9.17) is 4.74 Å². The third-order valence-corrected chi connectivity index (χ3v) is 2.51. The molecule has 0 saturated carbocycles. The fourth-order valence-electron chi connectivity index (χ4n) is 1.63. The molecule has 1 N–H and O–H groups in total. The van der Waals surface area contributed by atoms with Gasteiger partial charge in [-0.15, -0.1) is 0 Å².